The predicted octanol–water partition coefficient (Wildman–Crippen LogP) is 4.54. The summed E-state index contributed by atoms with van der Waals surface area (Å²) in [6, 6.07) is 7.08. The van der Waals surface area contributed by atoms with E-state index < -0.39 is 11.6 Å². The lowest BCUT2D eigenvalue weighted by Gasteiger charge is -2.21. The number of nitrogens with one attached hydrogen (secondary N) is 1. The first kappa shape index (κ1) is 14.9. The van der Waals surface area contributed by atoms with Gasteiger partial charge in [0.05, 0.1) is 6.04 Å². The van der Waals surface area contributed by atoms with Crippen molar-refractivity contribution in [3.8, 4) is 0 Å². The maximum Gasteiger partial charge on any atom is 0.131 e. The summed E-state index contributed by atoms with van der Waals surface area (Å²) in [7, 11) is 1.75. The van der Waals surface area contributed by atoms with Gasteiger partial charge in [0, 0.05) is 16.7 Å². The van der Waals surface area contributed by atoms with Crippen molar-refractivity contribution in [1.29, 1.82) is 0 Å². The van der Waals surface area contributed by atoms with Crippen LogP contribution in [0.3, 0.4) is 0 Å². The first-order chi connectivity index (χ1) is 9.43. The van der Waals surface area contributed by atoms with Crippen molar-refractivity contribution in [2.45, 2.75) is 19.9 Å². The molecule has 0 amide bonds. The predicted molar refractivity (Wildman–Crippen MR) is 78.2 cm³/mol. The lowest BCUT2D eigenvalue weighted by atomic mass is 9.93. The lowest BCUT2D eigenvalue weighted by Crippen LogP contribution is -2.20. The third-order valence-electron chi connectivity index (χ3n) is 3.42. The molecule has 106 valence electrons. The molecular weight excluding hydrogens is 280 g/mol. The minimum absolute atomic E-state index is 0.341. The van der Waals surface area contributed by atoms with Crippen molar-refractivity contribution in [2.24, 2.45) is 0 Å². The Kier molecular flexibility index (Phi) is 4.41. The molecule has 1 atom stereocenters. The van der Waals surface area contributed by atoms with Crippen LogP contribution in [-0.2, 0) is 0 Å². The van der Waals surface area contributed by atoms with Crippen LogP contribution in [0.15, 0.2) is 30.3 Å². The molecule has 0 saturated carbocycles. The van der Waals surface area contributed by atoms with Gasteiger partial charge < -0.3 is 5.32 Å². The van der Waals surface area contributed by atoms with E-state index in [1.807, 2.05) is 26.0 Å². The average molecular weight is 296 g/mol. The van der Waals surface area contributed by atoms with Crippen LogP contribution in [-0.4, -0.2) is 7.05 Å². The van der Waals surface area contributed by atoms with Gasteiger partial charge in [-0.15, -0.1) is 0 Å². The summed E-state index contributed by atoms with van der Waals surface area (Å²) in [4.78, 5) is 0. The zero-order valence-electron chi connectivity index (χ0n) is 11.6. The van der Waals surface area contributed by atoms with E-state index in [0.29, 0.717) is 10.6 Å². The van der Waals surface area contributed by atoms with Crippen molar-refractivity contribution in [3.63, 3.8) is 0 Å². The Morgan fingerprint density at radius 3 is 2.30 bits per heavy atom. The summed E-state index contributed by atoms with van der Waals surface area (Å²) in [5.41, 5.74) is 3.23. The zero-order chi connectivity index (χ0) is 14.9. The van der Waals surface area contributed by atoms with Crippen LogP contribution in [0, 0.1) is 25.5 Å². The molecule has 0 spiro atoms. The quantitative estimate of drug-likeness (QED) is 0.876. The molecule has 2 aromatic rings. The number of hydrogen-bond donors (Lipinski definition) is 1. The first-order valence-electron chi connectivity index (χ1n) is 6.33. The van der Waals surface area contributed by atoms with Gasteiger partial charge in [-0.05, 0) is 49.7 Å². The summed E-state index contributed by atoms with van der Waals surface area (Å²) in [6.07, 6.45) is 0. The van der Waals surface area contributed by atoms with Gasteiger partial charge >= 0.3 is 0 Å². The Morgan fingerprint density at radius 1 is 1.00 bits per heavy atom. The molecule has 2 rings (SSSR count). The number of benzene rings is 2. The Balaban J connectivity index is 2.55. The van der Waals surface area contributed by atoms with E-state index in [1.54, 1.807) is 7.05 Å². The molecule has 1 N–H and O–H groups in total. The highest BCUT2D eigenvalue weighted by atomic mass is 35.5. The highest BCUT2D eigenvalue weighted by Crippen LogP contribution is 2.30. The molecule has 0 aliphatic carbocycles. The van der Waals surface area contributed by atoms with Gasteiger partial charge in [0.15, 0.2) is 0 Å². The smallest absolute Gasteiger partial charge is 0.131 e. The first-order valence-corrected chi connectivity index (χ1v) is 6.70. The van der Waals surface area contributed by atoms with Gasteiger partial charge in [-0.2, -0.15) is 0 Å². The molecule has 0 heterocycles. The van der Waals surface area contributed by atoms with Crippen LogP contribution < -0.4 is 5.32 Å². The molecular formula is C16H16ClF2N. The summed E-state index contributed by atoms with van der Waals surface area (Å²) in [6.45, 7) is 3.82. The summed E-state index contributed by atoms with van der Waals surface area (Å²) >= 11 is 6.09. The fourth-order valence-corrected chi connectivity index (χ4v) is 2.55. The average Bonchev–Trinajstić information content (AvgIpc) is 2.38. The molecule has 2 aromatic carbocycles. The second kappa shape index (κ2) is 5.90. The minimum atomic E-state index is -0.579. The van der Waals surface area contributed by atoms with E-state index in [9.17, 15) is 8.78 Å². The van der Waals surface area contributed by atoms with Crippen molar-refractivity contribution >= 4 is 11.6 Å². The fourth-order valence-electron chi connectivity index (χ4n) is 2.33. The highest BCUT2D eigenvalue weighted by molar-refractivity contribution is 6.31. The van der Waals surface area contributed by atoms with Gasteiger partial charge in [-0.25, -0.2) is 8.78 Å². The van der Waals surface area contributed by atoms with Gasteiger partial charge in [-0.3, -0.25) is 0 Å². The largest absolute Gasteiger partial charge is 0.309 e. The monoisotopic (exact) mass is 295 g/mol. The van der Waals surface area contributed by atoms with Crippen LogP contribution in [0.5, 0.6) is 0 Å². The number of rotatable bonds is 3. The van der Waals surface area contributed by atoms with E-state index in [0.717, 1.165) is 22.8 Å². The Hall–Kier alpha value is -1.45. The third kappa shape index (κ3) is 2.84. The molecule has 1 nitrogen and oxygen atoms in total. The number of hydrogen-bond acceptors (Lipinski definition) is 1. The molecule has 0 aliphatic rings. The molecule has 0 aromatic heterocycles. The van der Waals surface area contributed by atoms with E-state index in [-0.39, 0.29) is 6.04 Å². The highest BCUT2D eigenvalue weighted by Gasteiger charge is 2.19. The SMILES string of the molecule is CNC(c1cc(C)c(Cl)cc1C)c1ccc(F)cc1F. The van der Waals surface area contributed by atoms with E-state index in [2.05, 4.69) is 5.32 Å². The summed E-state index contributed by atoms with van der Waals surface area (Å²) in [5.74, 6) is -1.14. The van der Waals surface area contributed by atoms with Crippen LogP contribution in [0.2, 0.25) is 5.02 Å². The lowest BCUT2D eigenvalue weighted by molar-refractivity contribution is 0.551. The molecule has 4 heteroatoms. The molecule has 1 unspecified atom stereocenters. The van der Waals surface area contributed by atoms with Gasteiger partial charge in [0.1, 0.15) is 11.6 Å². The third-order valence-corrected chi connectivity index (χ3v) is 3.83. The van der Waals surface area contributed by atoms with Crippen LogP contribution in [0.1, 0.15) is 28.3 Å². The molecule has 0 aliphatic heterocycles. The topological polar surface area (TPSA) is 12.0 Å². The van der Waals surface area contributed by atoms with Crippen molar-refractivity contribution in [2.75, 3.05) is 7.05 Å². The van der Waals surface area contributed by atoms with E-state index in [4.69, 9.17) is 11.6 Å². The minimum Gasteiger partial charge on any atom is -0.309 e. The van der Waals surface area contributed by atoms with E-state index in [1.165, 1.54) is 12.1 Å². The van der Waals surface area contributed by atoms with Gasteiger partial charge in [0.25, 0.3) is 0 Å². The second-order valence-electron chi connectivity index (χ2n) is 4.85. The molecule has 0 radical (unpaired) electrons. The Labute approximate surface area is 122 Å². The van der Waals surface area contributed by atoms with Crippen molar-refractivity contribution in [3.05, 3.63) is 69.2 Å². The van der Waals surface area contributed by atoms with Crippen LogP contribution in [0.4, 0.5) is 8.78 Å². The number of halogens is 3. The Morgan fingerprint density at radius 2 is 1.70 bits per heavy atom. The van der Waals surface area contributed by atoms with Gasteiger partial charge in [-0.1, -0.05) is 23.7 Å². The van der Waals surface area contributed by atoms with Crippen molar-refractivity contribution < 1.29 is 8.78 Å². The van der Waals surface area contributed by atoms with E-state index >= 15 is 0 Å². The molecule has 0 bridgehead atoms. The Bertz CT molecular complexity index is 641. The molecule has 0 saturated heterocycles. The van der Waals surface area contributed by atoms with Crippen molar-refractivity contribution in [1.82, 2.24) is 5.32 Å². The van der Waals surface area contributed by atoms with Crippen LogP contribution >= 0.6 is 11.6 Å². The zero-order valence-corrected chi connectivity index (χ0v) is 12.4. The fraction of sp³-hybridized carbons (Fsp3) is 0.250. The van der Waals surface area contributed by atoms with Crippen LogP contribution in [0.25, 0.3) is 0 Å². The second-order valence-corrected chi connectivity index (χ2v) is 5.25. The maximum atomic E-state index is 14.0. The summed E-state index contributed by atoms with van der Waals surface area (Å²) < 4.78 is 27.0. The molecule has 20 heavy (non-hydrogen) atoms. The maximum absolute atomic E-state index is 14.0. The normalized spacial score (nSPS) is 12.5. The standard InChI is InChI=1S/C16H16ClF2N/c1-9-7-14(17)10(2)6-13(9)16(20-3)12-5-4-11(18)8-15(12)19/h4-8,16,20H,1-3H3. The van der Waals surface area contributed by atoms with Gasteiger partial charge in [0.2, 0.25) is 0 Å². The molecule has 0 fully saturated rings. The number of aryl methyl sites for hydroxylation is 2. The summed E-state index contributed by atoms with van der Waals surface area (Å²) in [5, 5.41) is 3.76.